The molecule has 3 unspecified atom stereocenters. The summed E-state index contributed by atoms with van der Waals surface area (Å²) < 4.78 is 0.889. The van der Waals surface area contributed by atoms with Crippen LogP contribution in [0.25, 0.3) is 0 Å². The lowest BCUT2D eigenvalue weighted by atomic mass is 9.98. The van der Waals surface area contributed by atoms with Crippen LogP contribution in [-0.4, -0.2) is 40.0 Å². The number of hydrogen-bond acceptors (Lipinski definition) is 2. The highest BCUT2D eigenvalue weighted by Gasteiger charge is 2.64. The van der Waals surface area contributed by atoms with Crippen LogP contribution in [0.2, 0.25) is 0 Å². The van der Waals surface area contributed by atoms with Crippen molar-refractivity contribution in [3.8, 4) is 0 Å². The van der Waals surface area contributed by atoms with Crippen LogP contribution in [-0.2, 0) is 4.79 Å². The molecule has 5 heteroatoms. The minimum Gasteiger partial charge on any atom is -0.227 e. The molecule has 0 saturated carbocycles. The number of likely N-dealkylation sites (N-methyl/N-ethyl adjacent to an activating group) is 1. The largest absolute Gasteiger partial charge is 0.442 e. The molecule has 17 heavy (non-hydrogen) atoms. The van der Waals surface area contributed by atoms with E-state index in [0.717, 1.165) is 10.8 Å². The summed E-state index contributed by atoms with van der Waals surface area (Å²) in [4.78, 5) is 24.7. The standard InChI is InChI=1S/C12H22ClN2O2/c1-6-9(3)8-15(5)10(16)12(4,7-2)14(13)11(15)17/h9H,6-8H2,1-5H3/q+1. The van der Waals surface area contributed by atoms with Gasteiger partial charge in [0.15, 0.2) is 5.54 Å². The molecule has 1 fully saturated rings. The second kappa shape index (κ2) is 4.58. The number of rotatable bonds is 4. The van der Waals surface area contributed by atoms with Gasteiger partial charge < -0.3 is 0 Å². The summed E-state index contributed by atoms with van der Waals surface area (Å²) in [5.41, 5.74) is -0.874. The average Bonchev–Trinajstić information content (AvgIpc) is 2.44. The number of nitrogens with zero attached hydrogens (tertiary/aromatic N) is 2. The van der Waals surface area contributed by atoms with Gasteiger partial charge in [-0.1, -0.05) is 20.8 Å². The summed E-state index contributed by atoms with van der Waals surface area (Å²) in [5, 5.41) is 0. The first-order chi connectivity index (χ1) is 7.74. The zero-order chi connectivity index (χ0) is 13.4. The van der Waals surface area contributed by atoms with Gasteiger partial charge in [0.2, 0.25) is 0 Å². The molecule has 1 rings (SSSR count). The molecule has 0 aromatic heterocycles. The van der Waals surface area contributed by atoms with Crippen molar-refractivity contribution in [2.75, 3.05) is 13.6 Å². The Morgan fingerprint density at radius 1 is 1.41 bits per heavy atom. The Bertz CT molecular complexity index is 347. The summed E-state index contributed by atoms with van der Waals surface area (Å²) in [5.74, 6) is 0.220. The molecule has 0 radical (unpaired) electrons. The smallest absolute Gasteiger partial charge is 0.227 e. The second-order valence-corrected chi connectivity index (χ2v) is 5.72. The average molecular weight is 262 g/mol. The highest BCUT2D eigenvalue weighted by atomic mass is 35.5. The minimum absolute atomic E-state index is 0.0969. The Balaban J connectivity index is 3.10. The van der Waals surface area contributed by atoms with Crippen molar-refractivity contribution in [3.05, 3.63) is 0 Å². The molecular formula is C12H22ClN2O2+. The van der Waals surface area contributed by atoms with Crippen LogP contribution in [0, 0.1) is 5.92 Å². The van der Waals surface area contributed by atoms with Gasteiger partial charge in [0.25, 0.3) is 0 Å². The zero-order valence-electron chi connectivity index (χ0n) is 11.3. The molecule has 0 aromatic rings. The Hall–Kier alpha value is -0.610. The molecule has 3 amide bonds. The maximum absolute atomic E-state index is 12.5. The fourth-order valence-electron chi connectivity index (χ4n) is 2.31. The Kier molecular flexibility index (Phi) is 3.89. The molecule has 3 atom stereocenters. The lowest BCUT2D eigenvalue weighted by molar-refractivity contribution is -0.751. The molecule has 4 nitrogen and oxygen atoms in total. The number of imide groups is 1. The van der Waals surface area contributed by atoms with Crippen molar-refractivity contribution < 1.29 is 14.1 Å². The molecule has 0 N–H and O–H groups in total. The highest BCUT2D eigenvalue weighted by molar-refractivity contribution is 6.25. The van der Waals surface area contributed by atoms with Gasteiger partial charge in [-0.25, -0.2) is 9.59 Å². The first kappa shape index (κ1) is 14.5. The maximum atomic E-state index is 12.5. The van der Waals surface area contributed by atoms with Gasteiger partial charge in [0.05, 0.1) is 13.6 Å². The van der Waals surface area contributed by atoms with Crippen molar-refractivity contribution in [2.24, 2.45) is 5.92 Å². The monoisotopic (exact) mass is 261 g/mol. The van der Waals surface area contributed by atoms with E-state index in [1.54, 1.807) is 14.0 Å². The Morgan fingerprint density at radius 2 is 1.94 bits per heavy atom. The molecule has 1 aliphatic rings. The van der Waals surface area contributed by atoms with Gasteiger partial charge in [-0.2, -0.15) is 8.90 Å². The molecule has 0 aliphatic carbocycles. The summed E-state index contributed by atoms with van der Waals surface area (Å²) in [6.07, 6.45) is 1.48. The van der Waals surface area contributed by atoms with Gasteiger partial charge in [0.1, 0.15) is 0 Å². The van der Waals surface area contributed by atoms with Crippen LogP contribution in [0.4, 0.5) is 4.79 Å². The summed E-state index contributed by atoms with van der Waals surface area (Å²) >= 11 is 6.02. The highest BCUT2D eigenvalue weighted by Crippen LogP contribution is 2.37. The first-order valence-electron chi connectivity index (χ1n) is 6.15. The first-order valence-corrected chi connectivity index (χ1v) is 6.48. The van der Waals surface area contributed by atoms with Crippen LogP contribution < -0.4 is 0 Å². The molecular weight excluding hydrogens is 240 g/mol. The Morgan fingerprint density at radius 3 is 2.29 bits per heavy atom. The van der Waals surface area contributed by atoms with E-state index in [4.69, 9.17) is 11.8 Å². The third-order valence-electron chi connectivity index (χ3n) is 3.99. The molecule has 1 saturated heterocycles. The number of carbonyl (C=O) groups excluding carboxylic acids is 2. The van der Waals surface area contributed by atoms with Crippen LogP contribution in [0.3, 0.4) is 0 Å². The van der Waals surface area contributed by atoms with Crippen molar-refractivity contribution >= 4 is 23.7 Å². The second-order valence-electron chi connectivity index (χ2n) is 5.38. The van der Waals surface area contributed by atoms with Gasteiger partial charge >= 0.3 is 11.9 Å². The topological polar surface area (TPSA) is 37.4 Å². The molecule has 0 bridgehead atoms. The van der Waals surface area contributed by atoms with Crippen molar-refractivity contribution in [1.29, 1.82) is 0 Å². The predicted molar refractivity (Wildman–Crippen MR) is 67.3 cm³/mol. The normalized spacial score (nSPS) is 35.5. The van der Waals surface area contributed by atoms with E-state index >= 15 is 0 Å². The number of halogens is 1. The van der Waals surface area contributed by atoms with Gasteiger partial charge in [-0.3, -0.25) is 0 Å². The van der Waals surface area contributed by atoms with Crippen LogP contribution >= 0.6 is 11.8 Å². The SMILES string of the molecule is CCC(C)C[N+]1(C)C(=O)N(Cl)C(C)(CC)C1=O. The van der Waals surface area contributed by atoms with Crippen molar-refractivity contribution in [3.63, 3.8) is 0 Å². The van der Waals surface area contributed by atoms with E-state index < -0.39 is 5.54 Å². The number of carbonyl (C=O) groups is 2. The lowest BCUT2D eigenvalue weighted by Gasteiger charge is -2.26. The maximum Gasteiger partial charge on any atom is 0.442 e. The van der Waals surface area contributed by atoms with Gasteiger partial charge in [-0.15, -0.1) is 0 Å². The van der Waals surface area contributed by atoms with E-state index in [-0.39, 0.29) is 16.4 Å². The van der Waals surface area contributed by atoms with Crippen molar-refractivity contribution in [2.45, 2.75) is 46.1 Å². The minimum atomic E-state index is -0.874. The number of urea groups is 1. The quantitative estimate of drug-likeness (QED) is 0.443. The third-order valence-corrected chi connectivity index (χ3v) is 4.51. The molecule has 1 aliphatic heterocycles. The number of quaternary nitrogens is 1. The van der Waals surface area contributed by atoms with Crippen LogP contribution in [0.15, 0.2) is 0 Å². The summed E-state index contributed by atoms with van der Waals surface area (Å²) in [6.45, 7) is 8.23. The molecule has 98 valence electrons. The van der Waals surface area contributed by atoms with Gasteiger partial charge in [-0.05, 0) is 19.8 Å². The number of hydrogen-bond donors (Lipinski definition) is 0. The summed E-state index contributed by atoms with van der Waals surface area (Å²) in [6, 6.07) is -0.304. The fourth-order valence-corrected chi connectivity index (χ4v) is 2.67. The predicted octanol–water partition coefficient (Wildman–Crippen LogP) is 2.76. The Labute approximate surface area is 108 Å². The summed E-state index contributed by atoms with van der Waals surface area (Å²) in [7, 11) is 1.67. The van der Waals surface area contributed by atoms with E-state index in [1.807, 2.05) is 13.8 Å². The lowest BCUT2D eigenvalue weighted by Crippen LogP contribution is -2.53. The number of amides is 3. The third kappa shape index (κ3) is 1.97. The molecule has 0 spiro atoms. The van der Waals surface area contributed by atoms with Gasteiger partial charge in [0, 0.05) is 17.7 Å². The van der Waals surface area contributed by atoms with Crippen LogP contribution in [0.5, 0.6) is 0 Å². The van der Waals surface area contributed by atoms with E-state index in [1.165, 1.54) is 0 Å². The van der Waals surface area contributed by atoms with E-state index in [9.17, 15) is 9.59 Å². The van der Waals surface area contributed by atoms with Crippen LogP contribution in [0.1, 0.15) is 40.5 Å². The molecule has 0 aromatic carbocycles. The van der Waals surface area contributed by atoms with E-state index in [2.05, 4.69) is 6.92 Å². The molecule has 1 heterocycles. The fraction of sp³-hybridized carbons (Fsp3) is 0.833. The van der Waals surface area contributed by atoms with E-state index in [0.29, 0.717) is 18.9 Å². The van der Waals surface area contributed by atoms with Crippen molar-refractivity contribution in [1.82, 2.24) is 4.42 Å². The zero-order valence-corrected chi connectivity index (χ0v) is 12.0.